The van der Waals surface area contributed by atoms with Gasteiger partial charge in [-0.2, -0.15) is 8.42 Å². The Bertz CT molecular complexity index is 857. The minimum absolute atomic E-state index is 0.0828. The number of cyclic esters (lactones) is 1. The molecule has 27 heavy (non-hydrogen) atoms. The van der Waals surface area contributed by atoms with Gasteiger partial charge in [0, 0.05) is 18.9 Å². The Morgan fingerprint density at radius 3 is 2.63 bits per heavy atom. The van der Waals surface area contributed by atoms with Crippen LogP contribution in [0, 0.1) is 13.8 Å². The molecule has 0 radical (unpaired) electrons. The molecule has 0 bridgehead atoms. The first-order valence-corrected chi connectivity index (χ1v) is 10.7. The molecule has 2 unspecified atom stereocenters. The van der Waals surface area contributed by atoms with Crippen LogP contribution in [0.2, 0.25) is 0 Å². The zero-order valence-electron chi connectivity index (χ0n) is 15.6. The molecule has 8 nitrogen and oxygen atoms in total. The van der Waals surface area contributed by atoms with Crippen LogP contribution in [0.25, 0.3) is 0 Å². The van der Waals surface area contributed by atoms with E-state index in [0.29, 0.717) is 13.0 Å². The first-order chi connectivity index (χ1) is 12.6. The third-order valence-electron chi connectivity index (χ3n) is 4.92. The van der Waals surface area contributed by atoms with Crippen molar-refractivity contribution in [2.24, 2.45) is 0 Å². The van der Waals surface area contributed by atoms with E-state index >= 15 is 0 Å². The summed E-state index contributed by atoms with van der Waals surface area (Å²) in [6, 6.07) is 4.00. The molecule has 1 aromatic carbocycles. The largest absolute Gasteiger partial charge is 0.441 e. The third kappa shape index (κ3) is 4.59. The van der Waals surface area contributed by atoms with Crippen LogP contribution in [0.5, 0.6) is 0 Å². The van der Waals surface area contributed by atoms with Gasteiger partial charge >= 0.3 is 6.09 Å². The lowest BCUT2D eigenvalue weighted by molar-refractivity contribution is -0.122. The summed E-state index contributed by atoms with van der Waals surface area (Å²) < 4.78 is 32.2. The summed E-state index contributed by atoms with van der Waals surface area (Å²) in [6.45, 7) is 4.56. The maximum absolute atomic E-state index is 12.2. The molecule has 1 aromatic rings. The quantitative estimate of drug-likeness (QED) is 0.759. The van der Waals surface area contributed by atoms with Crippen molar-refractivity contribution in [1.29, 1.82) is 0 Å². The predicted octanol–water partition coefficient (Wildman–Crippen LogP) is 1.60. The fraction of sp³-hybridized carbons (Fsp3) is 0.556. The van der Waals surface area contributed by atoms with Crippen LogP contribution in [0.1, 0.15) is 35.4 Å². The van der Waals surface area contributed by atoms with Crippen LogP contribution in [0.15, 0.2) is 12.1 Å². The van der Waals surface area contributed by atoms with Gasteiger partial charge in [-0.15, -0.1) is 0 Å². The van der Waals surface area contributed by atoms with Crippen molar-refractivity contribution in [2.45, 2.75) is 38.7 Å². The topological polar surface area (TPSA) is 102 Å². The maximum Gasteiger partial charge on any atom is 0.414 e. The average molecular weight is 396 g/mol. The van der Waals surface area contributed by atoms with Gasteiger partial charge in [0.1, 0.15) is 12.7 Å². The number of rotatable bonds is 5. The standard InChI is InChI=1S/C18H24N2O6S/c1-11-7-16(12(2)6-15(11)13-4-5-17(21)19-8-13)20-9-14(26-18(20)22)10-25-27(3,23)24/h6-7,13-14H,4-5,8-10H2,1-3H3,(H,19,21). The Morgan fingerprint density at radius 2 is 2.00 bits per heavy atom. The number of carbonyl (C=O) groups excluding carboxylic acids is 2. The molecule has 2 amide bonds. The predicted molar refractivity (Wildman–Crippen MR) is 99.3 cm³/mol. The van der Waals surface area contributed by atoms with Crippen LogP contribution in [0.3, 0.4) is 0 Å². The molecular weight excluding hydrogens is 372 g/mol. The molecule has 3 rings (SSSR count). The van der Waals surface area contributed by atoms with E-state index in [1.807, 2.05) is 19.9 Å². The average Bonchev–Trinajstić information content (AvgIpc) is 2.96. The van der Waals surface area contributed by atoms with Crippen LogP contribution in [-0.4, -0.2) is 52.5 Å². The van der Waals surface area contributed by atoms with E-state index in [2.05, 4.69) is 11.4 Å². The number of hydrogen-bond acceptors (Lipinski definition) is 6. The van der Waals surface area contributed by atoms with E-state index in [1.165, 1.54) is 10.5 Å². The van der Waals surface area contributed by atoms with Crippen molar-refractivity contribution in [3.63, 3.8) is 0 Å². The molecule has 2 saturated heterocycles. The van der Waals surface area contributed by atoms with E-state index in [1.54, 1.807) is 0 Å². The SMILES string of the molecule is Cc1cc(N2CC(COS(C)(=O)=O)OC2=O)c(C)cc1C1CCC(=O)NC1. The summed E-state index contributed by atoms with van der Waals surface area (Å²) in [6.07, 6.45) is 1.13. The second-order valence-corrected chi connectivity index (χ2v) is 8.78. The molecule has 0 saturated carbocycles. The van der Waals surface area contributed by atoms with Crippen molar-refractivity contribution in [3.05, 3.63) is 28.8 Å². The summed E-state index contributed by atoms with van der Waals surface area (Å²) in [5.41, 5.74) is 3.87. The first-order valence-electron chi connectivity index (χ1n) is 8.84. The van der Waals surface area contributed by atoms with Crippen LogP contribution >= 0.6 is 0 Å². The second-order valence-electron chi connectivity index (χ2n) is 7.14. The number of hydrogen-bond donors (Lipinski definition) is 1. The van der Waals surface area contributed by atoms with Gasteiger partial charge < -0.3 is 10.1 Å². The van der Waals surface area contributed by atoms with Gasteiger partial charge in [-0.3, -0.25) is 13.9 Å². The molecule has 0 aromatic heterocycles. The third-order valence-corrected chi connectivity index (χ3v) is 5.49. The van der Waals surface area contributed by atoms with Crippen LogP contribution in [0.4, 0.5) is 10.5 Å². The Balaban J connectivity index is 1.76. The van der Waals surface area contributed by atoms with Gasteiger partial charge in [-0.25, -0.2) is 4.79 Å². The number of ether oxygens (including phenoxy) is 1. The van der Waals surface area contributed by atoms with Crippen LogP contribution < -0.4 is 10.2 Å². The number of anilines is 1. The number of carbonyl (C=O) groups is 2. The molecule has 9 heteroatoms. The Kier molecular flexibility index (Phi) is 5.43. The number of nitrogens with one attached hydrogen (secondary N) is 1. The summed E-state index contributed by atoms with van der Waals surface area (Å²) in [4.78, 5) is 25.1. The molecule has 0 spiro atoms. The first kappa shape index (κ1) is 19.6. The van der Waals surface area contributed by atoms with Crippen LogP contribution in [-0.2, 0) is 23.8 Å². The fourth-order valence-corrected chi connectivity index (χ4v) is 3.96. The van der Waals surface area contributed by atoms with Crippen molar-refractivity contribution < 1.29 is 26.9 Å². The molecule has 1 N–H and O–H groups in total. The summed E-state index contributed by atoms with van der Waals surface area (Å²) in [7, 11) is -3.59. The van der Waals surface area contributed by atoms with E-state index in [-0.39, 0.29) is 25.0 Å². The number of benzene rings is 1. The van der Waals surface area contributed by atoms with E-state index in [4.69, 9.17) is 8.92 Å². The second kappa shape index (κ2) is 7.47. The Labute approximate surface area is 158 Å². The lowest BCUT2D eigenvalue weighted by Crippen LogP contribution is -2.34. The van der Waals surface area contributed by atoms with Gasteiger partial charge in [-0.05, 0) is 43.0 Å². The molecule has 2 aliphatic heterocycles. The normalized spacial score (nSPS) is 23.3. The minimum Gasteiger partial charge on any atom is -0.441 e. The maximum atomic E-state index is 12.2. The highest BCUT2D eigenvalue weighted by molar-refractivity contribution is 7.85. The highest BCUT2D eigenvalue weighted by atomic mass is 32.2. The van der Waals surface area contributed by atoms with Gasteiger partial charge in [-0.1, -0.05) is 6.07 Å². The van der Waals surface area contributed by atoms with E-state index in [9.17, 15) is 18.0 Å². The van der Waals surface area contributed by atoms with Gasteiger partial charge in [0.2, 0.25) is 5.91 Å². The number of aryl methyl sites for hydroxylation is 2. The molecule has 2 atom stereocenters. The van der Waals surface area contributed by atoms with Crippen molar-refractivity contribution >= 4 is 27.8 Å². The van der Waals surface area contributed by atoms with E-state index < -0.39 is 22.3 Å². The Morgan fingerprint density at radius 1 is 1.26 bits per heavy atom. The summed E-state index contributed by atoms with van der Waals surface area (Å²) >= 11 is 0. The highest BCUT2D eigenvalue weighted by Crippen LogP contribution is 2.33. The zero-order valence-corrected chi connectivity index (χ0v) is 16.5. The molecule has 0 aliphatic carbocycles. The lowest BCUT2D eigenvalue weighted by atomic mass is 9.87. The lowest BCUT2D eigenvalue weighted by Gasteiger charge is -2.26. The zero-order chi connectivity index (χ0) is 19.8. The van der Waals surface area contributed by atoms with Crippen molar-refractivity contribution in [2.75, 3.05) is 30.9 Å². The molecular formula is C18H24N2O6S. The molecule has 2 fully saturated rings. The van der Waals surface area contributed by atoms with Crippen molar-refractivity contribution in [1.82, 2.24) is 5.32 Å². The molecule has 148 valence electrons. The summed E-state index contributed by atoms with van der Waals surface area (Å²) in [5.74, 6) is 0.344. The number of nitrogens with zero attached hydrogens (tertiary/aromatic N) is 1. The molecule has 2 heterocycles. The van der Waals surface area contributed by atoms with Gasteiger partial charge in [0.25, 0.3) is 10.1 Å². The molecule has 2 aliphatic rings. The van der Waals surface area contributed by atoms with Crippen molar-refractivity contribution in [3.8, 4) is 0 Å². The Hall–Kier alpha value is -2.13. The van der Waals surface area contributed by atoms with Gasteiger partial charge in [0.05, 0.1) is 18.5 Å². The number of piperidine rings is 1. The fourth-order valence-electron chi connectivity index (χ4n) is 3.56. The van der Waals surface area contributed by atoms with E-state index in [0.717, 1.165) is 29.5 Å². The smallest absolute Gasteiger partial charge is 0.414 e. The number of amides is 2. The highest BCUT2D eigenvalue weighted by Gasteiger charge is 2.34. The van der Waals surface area contributed by atoms with Gasteiger partial charge in [0.15, 0.2) is 0 Å². The minimum atomic E-state index is -3.59. The summed E-state index contributed by atoms with van der Waals surface area (Å²) in [5, 5.41) is 2.90. The monoisotopic (exact) mass is 396 g/mol.